The molecule has 2 aromatic carbocycles. The smallest absolute Gasteiger partial charge is 0.426 e. The normalized spacial score (nSPS) is 12.7. The summed E-state index contributed by atoms with van der Waals surface area (Å²) in [5.41, 5.74) is 0.648. The molecule has 0 aliphatic rings. The summed E-state index contributed by atoms with van der Waals surface area (Å²) in [6.07, 6.45) is -1.53. The van der Waals surface area contributed by atoms with Crippen molar-refractivity contribution in [2.24, 2.45) is 0 Å². The topological polar surface area (TPSA) is 74.7 Å². The number of amides is 1. The molecule has 0 spiro atoms. The molecule has 27 heavy (non-hydrogen) atoms. The molecule has 0 aromatic heterocycles. The van der Waals surface area contributed by atoms with E-state index in [4.69, 9.17) is 0 Å². The zero-order chi connectivity index (χ0) is 20.6. The molecule has 0 bridgehead atoms. The molecule has 146 valence electrons. The lowest BCUT2D eigenvalue weighted by Gasteiger charge is -2.33. The highest BCUT2D eigenvalue weighted by atomic mass is 32.2. The van der Waals surface area contributed by atoms with E-state index in [0.29, 0.717) is 15.4 Å². The van der Waals surface area contributed by atoms with Gasteiger partial charge >= 0.3 is 6.09 Å². The molecule has 0 saturated carbocycles. The number of anilines is 1. The quantitative estimate of drug-likeness (QED) is 0.787. The highest BCUT2D eigenvalue weighted by Crippen LogP contribution is 2.42. The first kappa shape index (κ1) is 21.0. The van der Waals surface area contributed by atoms with Gasteiger partial charge in [-0.3, -0.25) is 0 Å². The van der Waals surface area contributed by atoms with Crippen molar-refractivity contribution in [2.75, 3.05) is 4.31 Å². The van der Waals surface area contributed by atoms with Crippen LogP contribution in [0.3, 0.4) is 0 Å². The summed E-state index contributed by atoms with van der Waals surface area (Å²) in [5.74, 6) is 0. The SMILES string of the molecule is CC(C)(C)c1cccc(C(C)(C)C)c1N(C(=O)O)S(=O)(=O)c1ccccc1. The third-order valence-electron chi connectivity index (χ3n) is 4.31. The predicted molar refractivity (Wildman–Crippen MR) is 108 cm³/mol. The molecule has 0 aliphatic carbocycles. The van der Waals surface area contributed by atoms with Gasteiger partial charge in [0.05, 0.1) is 10.6 Å². The number of sulfonamides is 1. The first-order valence-electron chi connectivity index (χ1n) is 8.75. The molecule has 5 nitrogen and oxygen atoms in total. The summed E-state index contributed by atoms with van der Waals surface area (Å²) >= 11 is 0. The van der Waals surface area contributed by atoms with Gasteiger partial charge in [-0.05, 0) is 34.1 Å². The van der Waals surface area contributed by atoms with E-state index in [2.05, 4.69) is 0 Å². The maximum absolute atomic E-state index is 13.3. The van der Waals surface area contributed by atoms with Crippen LogP contribution >= 0.6 is 0 Å². The zero-order valence-electron chi connectivity index (χ0n) is 16.6. The Bertz CT molecular complexity index is 904. The Morgan fingerprint density at radius 2 is 1.26 bits per heavy atom. The number of para-hydroxylation sites is 1. The van der Waals surface area contributed by atoms with Crippen molar-refractivity contribution in [2.45, 2.75) is 57.3 Å². The lowest BCUT2D eigenvalue weighted by molar-refractivity contribution is 0.206. The molecule has 0 heterocycles. The predicted octanol–water partition coefficient (Wildman–Crippen LogP) is 5.15. The van der Waals surface area contributed by atoms with E-state index in [0.717, 1.165) is 0 Å². The van der Waals surface area contributed by atoms with Gasteiger partial charge in [-0.2, -0.15) is 4.31 Å². The van der Waals surface area contributed by atoms with Gasteiger partial charge in [0.1, 0.15) is 0 Å². The molecular formula is C21H27NO4S. The summed E-state index contributed by atoms with van der Waals surface area (Å²) in [5, 5.41) is 9.95. The van der Waals surface area contributed by atoms with Crippen LogP contribution in [0.2, 0.25) is 0 Å². The van der Waals surface area contributed by atoms with Gasteiger partial charge in [0.25, 0.3) is 10.0 Å². The summed E-state index contributed by atoms with van der Waals surface area (Å²) in [6.45, 7) is 11.6. The lowest BCUT2D eigenvalue weighted by Crippen LogP contribution is -2.39. The van der Waals surface area contributed by atoms with Crippen LogP contribution in [0.15, 0.2) is 53.4 Å². The summed E-state index contributed by atoms with van der Waals surface area (Å²) in [4.78, 5) is 12.2. The minimum absolute atomic E-state index is 0.0593. The van der Waals surface area contributed by atoms with Crippen molar-refractivity contribution in [1.82, 2.24) is 0 Å². The number of hydrogen-bond donors (Lipinski definition) is 1. The number of hydrogen-bond acceptors (Lipinski definition) is 3. The fourth-order valence-electron chi connectivity index (χ4n) is 2.99. The molecule has 0 fully saturated rings. The molecule has 1 amide bonds. The third-order valence-corrected chi connectivity index (χ3v) is 6.00. The first-order valence-corrected chi connectivity index (χ1v) is 10.2. The van der Waals surface area contributed by atoms with E-state index < -0.39 is 26.9 Å². The Morgan fingerprint density at radius 3 is 1.63 bits per heavy atom. The van der Waals surface area contributed by atoms with Crippen LogP contribution < -0.4 is 4.31 Å². The highest BCUT2D eigenvalue weighted by Gasteiger charge is 2.38. The van der Waals surface area contributed by atoms with E-state index in [-0.39, 0.29) is 10.6 Å². The maximum Gasteiger partial charge on any atom is 0.426 e. The molecule has 0 atom stereocenters. The number of rotatable bonds is 3. The average molecular weight is 390 g/mol. The number of benzene rings is 2. The van der Waals surface area contributed by atoms with E-state index in [1.807, 2.05) is 47.6 Å². The van der Waals surface area contributed by atoms with Crippen LogP contribution in [0.4, 0.5) is 10.5 Å². The van der Waals surface area contributed by atoms with E-state index in [1.165, 1.54) is 12.1 Å². The fourth-order valence-corrected chi connectivity index (χ4v) is 4.34. The zero-order valence-corrected chi connectivity index (χ0v) is 17.5. The van der Waals surface area contributed by atoms with Gasteiger partial charge in [-0.25, -0.2) is 13.2 Å². The van der Waals surface area contributed by atoms with Crippen LogP contribution in [-0.2, 0) is 20.9 Å². The Morgan fingerprint density at radius 1 is 0.815 bits per heavy atom. The van der Waals surface area contributed by atoms with Crippen molar-refractivity contribution in [3.05, 3.63) is 59.7 Å². The van der Waals surface area contributed by atoms with E-state index in [1.54, 1.807) is 30.3 Å². The van der Waals surface area contributed by atoms with Crippen molar-refractivity contribution in [1.29, 1.82) is 0 Å². The molecule has 2 rings (SSSR count). The monoisotopic (exact) mass is 389 g/mol. The average Bonchev–Trinajstić information content (AvgIpc) is 2.53. The van der Waals surface area contributed by atoms with Gasteiger partial charge in [0.15, 0.2) is 0 Å². The minimum Gasteiger partial charge on any atom is -0.464 e. The van der Waals surface area contributed by atoms with Crippen molar-refractivity contribution in [3.63, 3.8) is 0 Å². The van der Waals surface area contributed by atoms with Gasteiger partial charge in [-0.15, -0.1) is 0 Å². The molecule has 1 N–H and O–H groups in total. The fraction of sp³-hybridized carbons (Fsp3) is 0.381. The molecule has 2 aromatic rings. The Kier molecular flexibility index (Phi) is 5.44. The summed E-state index contributed by atoms with van der Waals surface area (Å²) in [7, 11) is -4.29. The van der Waals surface area contributed by atoms with Crippen LogP contribution in [0.5, 0.6) is 0 Å². The van der Waals surface area contributed by atoms with Crippen LogP contribution in [-0.4, -0.2) is 19.6 Å². The second kappa shape index (κ2) is 7.00. The van der Waals surface area contributed by atoms with Crippen molar-refractivity contribution < 1.29 is 18.3 Å². The van der Waals surface area contributed by atoms with Crippen molar-refractivity contribution in [3.8, 4) is 0 Å². The Balaban J connectivity index is 2.92. The molecule has 6 heteroatoms. The van der Waals surface area contributed by atoms with Gasteiger partial charge < -0.3 is 5.11 Å². The highest BCUT2D eigenvalue weighted by molar-refractivity contribution is 7.93. The molecule has 0 radical (unpaired) electrons. The second-order valence-electron chi connectivity index (χ2n) is 8.57. The number of carbonyl (C=O) groups is 1. The Labute approximate surface area is 161 Å². The van der Waals surface area contributed by atoms with E-state index >= 15 is 0 Å². The lowest BCUT2D eigenvalue weighted by atomic mass is 9.79. The third kappa shape index (κ3) is 4.16. The summed E-state index contributed by atoms with van der Waals surface area (Å²) in [6, 6.07) is 13.1. The van der Waals surface area contributed by atoms with Gasteiger partial charge in [0.2, 0.25) is 0 Å². The number of nitrogens with zero attached hydrogens (tertiary/aromatic N) is 1. The molecule has 0 saturated heterocycles. The molecule has 0 unspecified atom stereocenters. The van der Waals surface area contributed by atoms with Crippen LogP contribution in [0, 0.1) is 0 Å². The largest absolute Gasteiger partial charge is 0.464 e. The molecular weight excluding hydrogens is 362 g/mol. The minimum atomic E-state index is -4.29. The second-order valence-corrected chi connectivity index (χ2v) is 10.4. The summed E-state index contributed by atoms with van der Waals surface area (Å²) < 4.78 is 27.1. The van der Waals surface area contributed by atoms with Crippen LogP contribution in [0.25, 0.3) is 0 Å². The Hall–Kier alpha value is -2.34. The van der Waals surface area contributed by atoms with Gasteiger partial charge in [-0.1, -0.05) is 77.9 Å². The van der Waals surface area contributed by atoms with E-state index in [9.17, 15) is 18.3 Å². The first-order chi connectivity index (χ1) is 12.3. The standard InChI is InChI=1S/C21H27NO4S/c1-20(2,3)16-13-10-14-17(21(4,5)6)18(16)22(19(23)24)27(25,26)15-11-8-7-9-12-15/h7-14H,1-6H3,(H,23,24). The number of carboxylic acid groups (broad SMARTS) is 1. The van der Waals surface area contributed by atoms with Crippen LogP contribution in [0.1, 0.15) is 52.7 Å². The van der Waals surface area contributed by atoms with Gasteiger partial charge in [0, 0.05) is 0 Å². The maximum atomic E-state index is 13.3. The molecule has 0 aliphatic heterocycles. The van der Waals surface area contributed by atoms with Crippen molar-refractivity contribution >= 4 is 21.8 Å².